The number of fused-ring (bicyclic) bond motifs is 1. The number of nitrogens with one attached hydrogen (secondary N) is 1. The van der Waals surface area contributed by atoms with E-state index in [4.69, 9.17) is 19.4 Å². The maximum atomic E-state index is 6.07. The lowest BCUT2D eigenvalue weighted by atomic mass is 10.1. The molecule has 3 atom stereocenters. The van der Waals surface area contributed by atoms with Gasteiger partial charge in [-0.3, -0.25) is 4.98 Å². The van der Waals surface area contributed by atoms with Gasteiger partial charge >= 0.3 is 0 Å². The molecule has 0 spiro atoms. The molecule has 9 nitrogen and oxygen atoms in total. The molecule has 3 aromatic heterocycles. The second kappa shape index (κ2) is 9.72. The maximum absolute atomic E-state index is 6.07. The predicted molar refractivity (Wildman–Crippen MR) is 137 cm³/mol. The van der Waals surface area contributed by atoms with Crippen molar-refractivity contribution in [2.45, 2.75) is 51.4 Å². The third kappa shape index (κ3) is 4.48. The number of aromatic nitrogens is 4. The Bertz CT molecular complexity index is 1160. The highest BCUT2D eigenvalue weighted by molar-refractivity contribution is 6.00. The molecule has 3 aliphatic heterocycles. The fourth-order valence-corrected chi connectivity index (χ4v) is 5.70. The summed E-state index contributed by atoms with van der Waals surface area (Å²) in [4.78, 5) is 14.9. The molecule has 0 saturated carbocycles. The van der Waals surface area contributed by atoms with Gasteiger partial charge in [-0.05, 0) is 45.2 Å². The van der Waals surface area contributed by atoms with E-state index in [2.05, 4.69) is 46.2 Å². The summed E-state index contributed by atoms with van der Waals surface area (Å²) < 4.78 is 13.7. The lowest BCUT2D eigenvalue weighted by molar-refractivity contribution is -0.0383. The van der Waals surface area contributed by atoms with E-state index in [1.165, 1.54) is 5.69 Å². The summed E-state index contributed by atoms with van der Waals surface area (Å²) in [7, 11) is 0. The van der Waals surface area contributed by atoms with Crippen molar-refractivity contribution in [2.75, 3.05) is 55.8 Å². The van der Waals surface area contributed by atoms with E-state index in [9.17, 15) is 0 Å². The van der Waals surface area contributed by atoms with Crippen LogP contribution in [0.3, 0.4) is 0 Å². The van der Waals surface area contributed by atoms with Crippen LogP contribution in [0.2, 0.25) is 0 Å². The number of piperazine rings is 1. The first-order chi connectivity index (χ1) is 17.2. The molecule has 3 aliphatic rings. The van der Waals surface area contributed by atoms with Crippen molar-refractivity contribution >= 4 is 22.4 Å². The lowest BCUT2D eigenvalue weighted by Crippen LogP contribution is -2.54. The third-order valence-corrected chi connectivity index (χ3v) is 7.27. The van der Waals surface area contributed by atoms with Gasteiger partial charge in [-0.1, -0.05) is 0 Å². The van der Waals surface area contributed by atoms with Gasteiger partial charge in [-0.2, -0.15) is 5.10 Å². The van der Waals surface area contributed by atoms with Gasteiger partial charge in [-0.25, -0.2) is 9.67 Å². The van der Waals surface area contributed by atoms with Gasteiger partial charge in [0.15, 0.2) is 6.23 Å². The van der Waals surface area contributed by atoms with Crippen LogP contribution in [0.5, 0.6) is 0 Å². The van der Waals surface area contributed by atoms with E-state index in [-0.39, 0.29) is 6.23 Å². The highest BCUT2D eigenvalue weighted by atomic mass is 16.5. The van der Waals surface area contributed by atoms with Crippen LogP contribution >= 0.6 is 0 Å². The average Bonchev–Trinajstić information content (AvgIpc) is 3.38. The third-order valence-electron chi connectivity index (χ3n) is 7.27. The molecule has 6 heterocycles. The summed E-state index contributed by atoms with van der Waals surface area (Å²) in [6.07, 6.45) is 6.92. The van der Waals surface area contributed by atoms with E-state index in [1.807, 2.05) is 23.1 Å². The van der Waals surface area contributed by atoms with E-state index in [0.717, 1.165) is 93.4 Å². The smallest absolute Gasteiger partial charge is 0.150 e. The first-order valence-corrected chi connectivity index (χ1v) is 13.0. The van der Waals surface area contributed by atoms with Gasteiger partial charge in [0.1, 0.15) is 17.0 Å². The van der Waals surface area contributed by atoms with Crippen LogP contribution in [0, 0.1) is 0 Å². The van der Waals surface area contributed by atoms with Crippen LogP contribution in [0.25, 0.3) is 22.3 Å². The zero-order valence-electron chi connectivity index (χ0n) is 20.7. The molecule has 0 aliphatic carbocycles. The highest BCUT2D eigenvalue weighted by Gasteiger charge is 2.27. The van der Waals surface area contributed by atoms with Gasteiger partial charge in [0.05, 0.1) is 24.6 Å². The summed E-state index contributed by atoms with van der Waals surface area (Å²) in [5.41, 5.74) is 3.96. The number of morpholine rings is 1. The minimum Gasteiger partial charge on any atom is -0.378 e. The van der Waals surface area contributed by atoms with Gasteiger partial charge in [-0.15, -0.1) is 0 Å². The van der Waals surface area contributed by atoms with E-state index >= 15 is 0 Å². The molecule has 1 N–H and O–H groups in total. The fourth-order valence-electron chi connectivity index (χ4n) is 5.70. The SMILES string of the molecule is C[C@@H]1CN(c2cc(N3CCOCC3)nc3c(-c4ccnn4C4CCCCO4)nccc23)C[C@H](C)N1. The number of rotatable bonds is 4. The zero-order valence-corrected chi connectivity index (χ0v) is 20.7. The molecule has 0 radical (unpaired) electrons. The number of ether oxygens (including phenoxy) is 2. The minimum atomic E-state index is -0.0532. The molecule has 0 aromatic carbocycles. The van der Waals surface area contributed by atoms with E-state index in [1.54, 1.807) is 0 Å². The van der Waals surface area contributed by atoms with Crippen molar-refractivity contribution < 1.29 is 9.47 Å². The Balaban J connectivity index is 1.50. The Kier molecular flexibility index (Phi) is 6.30. The summed E-state index contributed by atoms with van der Waals surface area (Å²) >= 11 is 0. The summed E-state index contributed by atoms with van der Waals surface area (Å²) in [5, 5.41) is 9.44. The minimum absolute atomic E-state index is 0.0532. The number of hydrogen-bond acceptors (Lipinski definition) is 8. The first kappa shape index (κ1) is 22.7. The van der Waals surface area contributed by atoms with Crippen LogP contribution in [-0.4, -0.2) is 77.8 Å². The molecule has 6 rings (SSSR count). The van der Waals surface area contributed by atoms with Gasteiger partial charge in [0, 0.05) is 68.7 Å². The van der Waals surface area contributed by atoms with Crippen molar-refractivity contribution in [1.82, 2.24) is 25.1 Å². The average molecular weight is 478 g/mol. The predicted octanol–water partition coefficient (Wildman–Crippen LogP) is 3.22. The van der Waals surface area contributed by atoms with Gasteiger partial charge < -0.3 is 24.6 Å². The van der Waals surface area contributed by atoms with Crippen LogP contribution in [0.15, 0.2) is 30.6 Å². The normalized spacial score (nSPS) is 25.8. The Morgan fingerprint density at radius 2 is 1.80 bits per heavy atom. The van der Waals surface area contributed by atoms with E-state index in [0.29, 0.717) is 12.1 Å². The molecule has 3 saturated heterocycles. The number of pyridine rings is 2. The molecule has 9 heteroatoms. The molecule has 35 heavy (non-hydrogen) atoms. The summed E-state index contributed by atoms with van der Waals surface area (Å²) in [6, 6.07) is 7.25. The van der Waals surface area contributed by atoms with Gasteiger partial charge in [0.25, 0.3) is 0 Å². The topological polar surface area (TPSA) is 80.6 Å². The quantitative estimate of drug-likeness (QED) is 0.614. The Hall–Kier alpha value is -2.75. The number of anilines is 2. The van der Waals surface area contributed by atoms with Crippen molar-refractivity contribution in [2.24, 2.45) is 0 Å². The molecule has 3 fully saturated rings. The number of nitrogens with zero attached hydrogens (tertiary/aromatic N) is 6. The Morgan fingerprint density at radius 3 is 2.57 bits per heavy atom. The van der Waals surface area contributed by atoms with Crippen molar-refractivity contribution in [1.29, 1.82) is 0 Å². The van der Waals surface area contributed by atoms with Crippen LogP contribution in [-0.2, 0) is 9.47 Å². The molecule has 3 aromatic rings. The fraction of sp³-hybridized carbons (Fsp3) is 0.577. The van der Waals surface area contributed by atoms with Crippen LogP contribution in [0.4, 0.5) is 11.5 Å². The van der Waals surface area contributed by atoms with Gasteiger partial charge in [0.2, 0.25) is 0 Å². The molecule has 0 bridgehead atoms. The molecular formula is C26H35N7O2. The monoisotopic (exact) mass is 477 g/mol. The molecule has 1 unspecified atom stereocenters. The maximum Gasteiger partial charge on any atom is 0.150 e. The molecule has 0 amide bonds. The Labute approximate surface area is 206 Å². The van der Waals surface area contributed by atoms with Crippen LogP contribution in [0.1, 0.15) is 39.3 Å². The second-order valence-corrected chi connectivity index (χ2v) is 10.0. The number of hydrogen-bond donors (Lipinski definition) is 1. The standard InChI is InChI=1S/C26H35N7O2/c1-18-16-32(17-19(2)29-18)22-15-23(31-10-13-34-14-11-31)30-25-20(22)6-8-27-26(25)21-7-9-28-33(21)24-5-3-4-12-35-24/h6-9,15,18-19,24,29H,3-5,10-14,16-17H2,1-2H3/t18-,19+,24?. The van der Waals surface area contributed by atoms with Crippen molar-refractivity contribution in [3.8, 4) is 11.4 Å². The molecule has 186 valence electrons. The first-order valence-electron chi connectivity index (χ1n) is 13.0. The molecular weight excluding hydrogens is 442 g/mol. The van der Waals surface area contributed by atoms with Crippen molar-refractivity contribution in [3.05, 3.63) is 30.6 Å². The second-order valence-electron chi connectivity index (χ2n) is 10.0. The van der Waals surface area contributed by atoms with Crippen molar-refractivity contribution in [3.63, 3.8) is 0 Å². The zero-order chi connectivity index (χ0) is 23.8. The summed E-state index contributed by atoms with van der Waals surface area (Å²) in [6.45, 7) is 10.3. The van der Waals surface area contributed by atoms with E-state index < -0.39 is 0 Å². The Morgan fingerprint density at radius 1 is 0.971 bits per heavy atom. The lowest BCUT2D eigenvalue weighted by Gasteiger charge is -2.39. The summed E-state index contributed by atoms with van der Waals surface area (Å²) in [5.74, 6) is 0.990. The highest BCUT2D eigenvalue weighted by Crippen LogP contribution is 2.37. The van der Waals surface area contributed by atoms with Crippen LogP contribution < -0.4 is 15.1 Å². The largest absolute Gasteiger partial charge is 0.378 e.